The third-order valence-corrected chi connectivity index (χ3v) is 3.19. The van der Waals surface area contributed by atoms with Crippen LogP contribution in [0.3, 0.4) is 0 Å². The van der Waals surface area contributed by atoms with Crippen LogP contribution in [-0.2, 0) is 18.3 Å². The lowest BCUT2D eigenvalue weighted by atomic mass is 10.1. The SMILES string of the molecule is Cn1ncnc1CC(=O)CN1CCC(N)CC1. The maximum absolute atomic E-state index is 11.9. The first kappa shape index (κ1) is 12.2. The molecule has 2 heterocycles. The second-order valence-corrected chi connectivity index (χ2v) is 4.63. The molecule has 0 aromatic carbocycles. The highest BCUT2D eigenvalue weighted by Crippen LogP contribution is 2.08. The molecule has 17 heavy (non-hydrogen) atoms. The highest BCUT2D eigenvalue weighted by molar-refractivity contribution is 5.82. The van der Waals surface area contributed by atoms with Gasteiger partial charge in [-0.1, -0.05) is 0 Å². The largest absolute Gasteiger partial charge is 0.328 e. The fourth-order valence-electron chi connectivity index (χ4n) is 2.07. The normalized spacial score (nSPS) is 18.5. The summed E-state index contributed by atoms with van der Waals surface area (Å²) in [6, 6.07) is 0.306. The van der Waals surface area contributed by atoms with Gasteiger partial charge in [-0.25, -0.2) is 4.98 Å². The minimum Gasteiger partial charge on any atom is -0.328 e. The van der Waals surface area contributed by atoms with Crippen LogP contribution in [0.5, 0.6) is 0 Å². The molecule has 1 aliphatic heterocycles. The molecule has 1 fully saturated rings. The molecule has 0 saturated carbocycles. The fraction of sp³-hybridized carbons (Fsp3) is 0.727. The highest BCUT2D eigenvalue weighted by atomic mass is 16.1. The predicted molar refractivity (Wildman–Crippen MR) is 63.4 cm³/mol. The molecule has 0 unspecified atom stereocenters. The van der Waals surface area contributed by atoms with E-state index < -0.39 is 0 Å². The molecule has 0 aliphatic carbocycles. The molecule has 2 N–H and O–H groups in total. The van der Waals surface area contributed by atoms with Crippen LogP contribution in [0.25, 0.3) is 0 Å². The van der Waals surface area contributed by atoms with Gasteiger partial charge in [0, 0.05) is 26.2 Å². The van der Waals surface area contributed by atoms with Gasteiger partial charge in [0.2, 0.25) is 0 Å². The van der Waals surface area contributed by atoms with Crippen LogP contribution in [0.15, 0.2) is 6.33 Å². The number of aryl methyl sites for hydroxylation is 1. The van der Waals surface area contributed by atoms with E-state index in [1.807, 2.05) is 0 Å². The number of ketones is 1. The molecule has 0 bridgehead atoms. The van der Waals surface area contributed by atoms with Gasteiger partial charge in [0.25, 0.3) is 0 Å². The smallest absolute Gasteiger partial charge is 0.154 e. The predicted octanol–water partition coefficient (Wildman–Crippen LogP) is -0.650. The third-order valence-electron chi connectivity index (χ3n) is 3.19. The van der Waals surface area contributed by atoms with Crippen LogP contribution in [-0.4, -0.2) is 51.1 Å². The van der Waals surface area contributed by atoms with E-state index in [1.165, 1.54) is 6.33 Å². The molecule has 0 amide bonds. The van der Waals surface area contributed by atoms with Crippen molar-refractivity contribution in [2.45, 2.75) is 25.3 Å². The molecule has 2 rings (SSSR count). The van der Waals surface area contributed by atoms with Crippen molar-refractivity contribution in [2.75, 3.05) is 19.6 Å². The Morgan fingerprint density at radius 3 is 2.82 bits per heavy atom. The van der Waals surface area contributed by atoms with Crippen LogP contribution in [0.2, 0.25) is 0 Å². The molecule has 0 radical (unpaired) electrons. The number of carbonyl (C=O) groups is 1. The molecule has 6 heteroatoms. The number of rotatable bonds is 4. The van der Waals surface area contributed by atoms with E-state index in [0.29, 0.717) is 19.0 Å². The van der Waals surface area contributed by atoms with E-state index >= 15 is 0 Å². The maximum Gasteiger partial charge on any atom is 0.154 e. The van der Waals surface area contributed by atoms with Gasteiger partial charge in [0.05, 0.1) is 13.0 Å². The summed E-state index contributed by atoms with van der Waals surface area (Å²) in [6.07, 6.45) is 3.80. The van der Waals surface area contributed by atoms with E-state index in [-0.39, 0.29) is 5.78 Å². The number of likely N-dealkylation sites (tertiary alicyclic amines) is 1. The topological polar surface area (TPSA) is 77.0 Å². The van der Waals surface area contributed by atoms with Gasteiger partial charge in [0.1, 0.15) is 12.2 Å². The number of carbonyl (C=O) groups excluding carboxylic acids is 1. The van der Waals surface area contributed by atoms with Crippen molar-refractivity contribution in [3.8, 4) is 0 Å². The molecule has 6 nitrogen and oxygen atoms in total. The molecule has 0 atom stereocenters. The zero-order valence-electron chi connectivity index (χ0n) is 10.2. The van der Waals surface area contributed by atoms with Gasteiger partial charge in [0.15, 0.2) is 5.78 Å². The summed E-state index contributed by atoms with van der Waals surface area (Å²) in [5.74, 6) is 0.917. The Bertz CT molecular complexity index is 381. The Balaban J connectivity index is 1.80. The minimum absolute atomic E-state index is 0.191. The van der Waals surface area contributed by atoms with Gasteiger partial charge in [-0.05, 0) is 12.8 Å². The van der Waals surface area contributed by atoms with E-state index in [9.17, 15) is 4.79 Å². The van der Waals surface area contributed by atoms with Crippen molar-refractivity contribution in [1.82, 2.24) is 19.7 Å². The van der Waals surface area contributed by atoms with E-state index in [0.717, 1.165) is 31.8 Å². The van der Waals surface area contributed by atoms with Crippen molar-refractivity contribution in [3.05, 3.63) is 12.2 Å². The summed E-state index contributed by atoms with van der Waals surface area (Å²) < 4.78 is 1.64. The Hall–Kier alpha value is -1.27. The molecule has 1 aliphatic rings. The van der Waals surface area contributed by atoms with Crippen LogP contribution < -0.4 is 5.73 Å². The highest BCUT2D eigenvalue weighted by Gasteiger charge is 2.18. The zero-order valence-corrected chi connectivity index (χ0v) is 10.2. The van der Waals surface area contributed by atoms with Crippen molar-refractivity contribution in [2.24, 2.45) is 12.8 Å². The Morgan fingerprint density at radius 1 is 1.53 bits per heavy atom. The molecular weight excluding hydrogens is 218 g/mol. The molecule has 1 aromatic rings. The average Bonchev–Trinajstić information content (AvgIpc) is 2.68. The number of aromatic nitrogens is 3. The number of piperidine rings is 1. The third kappa shape index (κ3) is 3.34. The number of hydrogen-bond acceptors (Lipinski definition) is 5. The second kappa shape index (κ2) is 5.37. The number of nitrogens with two attached hydrogens (primary N) is 1. The Morgan fingerprint density at radius 2 is 2.24 bits per heavy atom. The Labute approximate surface area is 101 Å². The molecule has 94 valence electrons. The first-order valence-corrected chi connectivity index (χ1v) is 5.97. The van der Waals surface area contributed by atoms with Gasteiger partial charge >= 0.3 is 0 Å². The average molecular weight is 237 g/mol. The monoisotopic (exact) mass is 237 g/mol. The van der Waals surface area contributed by atoms with Crippen molar-refractivity contribution >= 4 is 5.78 Å². The van der Waals surface area contributed by atoms with Gasteiger partial charge < -0.3 is 5.73 Å². The van der Waals surface area contributed by atoms with Crippen LogP contribution in [0.1, 0.15) is 18.7 Å². The fourth-order valence-corrected chi connectivity index (χ4v) is 2.07. The first-order valence-electron chi connectivity index (χ1n) is 5.97. The summed E-state index contributed by atoms with van der Waals surface area (Å²) >= 11 is 0. The molecule has 1 aromatic heterocycles. The van der Waals surface area contributed by atoms with Crippen LogP contribution in [0.4, 0.5) is 0 Å². The maximum atomic E-state index is 11.9. The lowest BCUT2D eigenvalue weighted by molar-refractivity contribution is -0.120. The van der Waals surface area contributed by atoms with Gasteiger partial charge in [-0.2, -0.15) is 5.10 Å². The number of Topliss-reactive ketones (excluding diaryl/α,β-unsaturated/α-hetero) is 1. The lowest BCUT2D eigenvalue weighted by Crippen LogP contribution is -2.42. The van der Waals surface area contributed by atoms with E-state index in [4.69, 9.17) is 5.73 Å². The summed E-state index contributed by atoms with van der Waals surface area (Å²) in [4.78, 5) is 18.1. The number of nitrogens with zero attached hydrogens (tertiary/aromatic N) is 4. The van der Waals surface area contributed by atoms with Crippen molar-refractivity contribution in [1.29, 1.82) is 0 Å². The molecule has 0 spiro atoms. The standard InChI is InChI=1S/C11H19N5O/c1-15-11(13-8-14-15)6-10(17)7-16-4-2-9(12)3-5-16/h8-9H,2-7,12H2,1H3. The van der Waals surface area contributed by atoms with Crippen molar-refractivity contribution < 1.29 is 4.79 Å². The van der Waals surface area contributed by atoms with E-state index in [1.54, 1.807) is 11.7 Å². The molecular formula is C11H19N5O. The minimum atomic E-state index is 0.191. The van der Waals surface area contributed by atoms with Crippen LogP contribution >= 0.6 is 0 Å². The summed E-state index contributed by atoms with van der Waals surface area (Å²) in [6.45, 7) is 2.34. The van der Waals surface area contributed by atoms with Gasteiger partial charge in [-0.3, -0.25) is 14.4 Å². The van der Waals surface area contributed by atoms with Gasteiger partial charge in [-0.15, -0.1) is 0 Å². The summed E-state index contributed by atoms with van der Waals surface area (Å²) in [5.41, 5.74) is 5.82. The lowest BCUT2D eigenvalue weighted by Gasteiger charge is -2.29. The first-order chi connectivity index (χ1) is 8.15. The number of hydrogen-bond donors (Lipinski definition) is 1. The van der Waals surface area contributed by atoms with Crippen molar-refractivity contribution in [3.63, 3.8) is 0 Å². The van der Waals surface area contributed by atoms with Crippen LogP contribution in [0, 0.1) is 0 Å². The van der Waals surface area contributed by atoms with E-state index in [2.05, 4.69) is 15.0 Å². The quantitative estimate of drug-likeness (QED) is 0.753. The second-order valence-electron chi connectivity index (χ2n) is 4.63. The zero-order chi connectivity index (χ0) is 12.3. The molecule has 1 saturated heterocycles. The Kier molecular flexibility index (Phi) is 3.86. The summed E-state index contributed by atoms with van der Waals surface area (Å²) in [5, 5.41) is 3.95. The summed E-state index contributed by atoms with van der Waals surface area (Å²) in [7, 11) is 1.80.